The lowest BCUT2D eigenvalue weighted by molar-refractivity contribution is -0.167. The van der Waals surface area contributed by atoms with Gasteiger partial charge in [-0.1, -0.05) is 308 Å². The molecule has 1 unspecified atom stereocenters. The van der Waals surface area contributed by atoms with Crippen LogP contribution in [0.1, 0.15) is 348 Å². The minimum absolute atomic E-state index is 0.0715. The second-order valence-electron chi connectivity index (χ2n) is 21.3. The van der Waals surface area contributed by atoms with E-state index >= 15 is 0 Å². The Kier molecular flexibility index (Phi) is 57.7. The average Bonchev–Trinajstić information content (AvgIpc) is 3.36. The van der Waals surface area contributed by atoms with Crippen LogP contribution in [0.4, 0.5) is 0 Å². The van der Waals surface area contributed by atoms with Crippen LogP contribution in [0.3, 0.4) is 0 Å². The molecule has 6 nitrogen and oxygen atoms in total. The van der Waals surface area contributed by atoms with Crippen molar-refractivity contribution in [2.24, 2.45) is 0 Å². The Morgan fingerprint density at radius 3 is 0.843 bits per heavy atom. The highest BCUT2D eigenvalue weighted by atomic mass is 16.6. The first kappa shape index (κ1) is 67.9. The van der Waals surface area contributed by atoms with Crippen LogP contribution in [0.5, 0.6) is 0 Å². The fraction of sp³-hybridized carbons (Fsp3) is 0.891. The van der Waals surface area contributed by atoms with Gasteiger partial charge in [0.2, 0.25) is 0 Å². The van der Waals surface area contributed by atoms with E-state index in [1.54, 1.807) is 0 Å². The van der Waals surface area contributed by atoms with Crippen LogP contribution in [0.2, 0.25) is 0 Å². The quantitative estimate of drug-likeness (QED) is 0.0261. The maximum Gasteiger partial charge on any atom is 0.306 e. The fourth-order valence-corrected chi connectivity index (χ4v) is 9.48. The van der Waals surface area contributed by atoms with Gasteiger partial charge in [0.15, 0.2) is 6.10 Å². The molecule has 0 heterocycles. The first-order valence-electron chi connectivity index (χ1n) is 31.3. The summed E-state index contributed by atoms with van der Waals surface area (Å²) in [6, 6.07) is 0. The summed E-state index contributed by atoms with van der Waals surface area (Å²) >= 11 is 0. The Hall–Kier alpha value is -2.11. The fourth-order valence-electron chi connectivity index (χ4n) is 9.48. The average molecular weight is 986 g/mol. The van der Waals surface area contributed by atoms with Gasteiger partial charge in [0.25, 0.3) is 0 Å². The molecule has 0 spiro atoms. The Morgan fingerprint density at radius 2 is 0.543 bits per heavy atom. The molecule has 0 saturated carbocycles. The lowest BCUT2D eigenvalue weighted by Gasteiger charge is -2.18. The monoisotopic (exact) mass is 985 g/mol. The molecule has 0 saturated heterocycles. The summed E-state index contributed by atoms with van der Waals surface area (Å²) in [5.74, 6) is -0.864. The van der Waals surface area contributed by atoms with Crippen molar-refractivity contribution < 1.29 is 28.6 Å². The summed E-state index contributed by atoms with van der Waals surface area (Å²) in [5, 5.41) is 0. The van der Waals surface area contributed by atoms with E-state index in [-0.39, 0.29) is 31.1 Å². The number of ether oxygens (including phenoxy) is 3. The number of allylic oxidation sites excluding steroid dienone is 4. The van der Waals surface area contributed by atoms with Crippen LogP contribution < -0.4 is 0 Å². The molecule has 6 heteroatoms. The largest absolute Gasteiger partial charge is 0.462 e. The molecule has 0 aliphatic heterocycles. The lowest BCUT2D eigenvalue weighted by atomic mass is 10.0. The van der Waals surface area contributed by atoms with Crippen molar-refractivity contribution in [1.82, 2.24) is 0 Å². The summed E-state index contributed by atoms with van der Waals surface area (Å²) in [6.45, 7) is 6.62. The summed E-state index contributed by atoms with van der Waals surface area (Å²) in [5.41, 5.74) is 0. The predicted molar refractivity (Wildman–Crippen MR) is 303 cm³/mol. The highest BCUT2D eigenvalue weighted by Crippen LogP contribution is 2.18. The molecule has 0 aliphatic carbocycles. The molecular formula is C64H120O6. The number of hydrogen-bond acceptors (Lipinski definition) is 6. The molecule has 0 N–H and O–H groups in total. The molecule has 0 amide bonds. The minimum Gasteiger partial charge on any atom is -0.462 e. The molecule has 0 fully saturated rings. The van der Waals surface area contributed by atoms with Crippen molar-refractivity contribution in [3.63, 3.8) is 0 Å². The topological polar surface area (TPSA) is 78.9 Å². The van der Waals surface area contributed by atoms with E-state index < -0.39 is 6.10 Å². The van der Waals surface area contributed by atoms with E-state index in [0.717, 1.165) is 89.9 Å². The van der Waals surface area contributed by atoms with E-state index in [1.165, 1.54) is 218 Å². The third kappa shape index (κ3) is 56.8. The molecule has 412 valence electrons. The van der Waals surface area contributed by atoms with E-state index in [9.17, 15) is 14.4 Å². The first-order chi connectivity index (χ1) is 34.5. The molecular weight excluding hydrogens is 865 g/mol. The van der Waals surface area contributed by atoms with Gasteiger partial charge in [0.05, 0.1) is 0 Å². The zero-order valence-corrected chi connectivity index (χ0v) is 47.3. The third-order valence-corrected chi connectivity index (χ3v) is 14.2. The van der Waals surface area contributed by atoms with Gasteiger partial charge in [0, 0.05) is 19.3 Å². The molecule has 0 rings (SSSR count). The second kappa shape index (κ2) is 59.5. The summed E-state index contributed by atoms with van der Waals surface area (Å²) < 4.78 is 16.9. The molecule has 1 atom stereocenters. The number of rotatable bonds is 58. The number of carbonyl (C=O) groups is 3. The summed E-state index contributed by atoms with van der Waals surface area (Å²) in [7, 11) is 0. The van der Waals surface area contributed by atoms with Gasteiger partial charge in [-0.2, -0.15) is 0 Å². The van der Waals surface area contributed by atoms with Gasteiger partial charge in [-0.25, -0.2) is 0 Å². The highest BCUT2D eigenvalue weighted by molar-refractivity contribution is 5.71. The van der Waals surface area contributed by atoms with Crippen LogP contribution in [0.15, 0.2) is 24.3 Å². The van der Waals surface area contributed by atoms with E-state index in [1.807, 2.05) is 0 Å². The zero-order valence-electron chi connectivity index (χ0n) is 47.3. The third-order valence-electron chi connectivity index (χ3n) is 14.2. The maximum atomic E-state index is 12.8. The number of esters is 3. The minimum atomic E-state index is -0.773. The highest BCUT2D eigenvalue weighted by Gasteiger charge is 2.19. The zero-order chi connectivity index (χ0) is 50.7. The van der Waals surface area contributed by atoms with Gasteiger partial charge in [-0.15, -0.1) is 0 Å². The van der Waals surface area contributed by atoms with Crippen LogP contribution in [0.25, 0.3) is 0 Å². The van der Waals surface area contributed by atoms with E-state index in [2.05, 4.69) is 45.1 Å². The molecule has 0 bridgehead atoms. The van der Waals surface area contributed by atoms with Crippen molar-refractivity contribution in [2.45, 2.75) is 354 Å². The predicted octanol–water partition coefficient (Wildman–Crippen LogP) is 21.1. The second-order valence-corrected chi connectivity index (χ2v) is 21.3. The SMILES string of the molecule is CCC/C=C\C/C=C\CCCCCCCC(=O)OC(COC(=O)CCCCCCCCCCCCCC)COC(=O)CCCCCCCCCCCCCCCCCCCCCCCCCCCCC. The summed E-state index contributed by atoms with van der Waals surface area (Å²) in [6.07, 6.45) is 70.6. The van der Waals surface area contributed by atoms with E-state index in [0.29, 0.717) is 19.3 Å². The number of carbonyl (C=O) groups excluding carboxylic acids is 3. The van der Waals surface area contributed by atoms with Crippen molar-refractivity contribution >= 4 is 17.9 Å². The van der Waals surface area contributed by atoms with Crippen molar-refractivity contribution in [3.05, 3.63) is 24.3 Å². The van der Waals surface area contributed by atoms with Gasteiger partial charge < -0.3 is 14.2 Å². The lowest BCUT2D eigenvalue weighted by Crippen LogP contribution is -2.30. The molecule has 0 radical (unpaired) electrons. The molecule has 0 aromatic heterocycles. The van der Waals surface area contributed by atoms with Crippen LogP contribution in [-0.2, 0) is 28.6 Å². The van der Waals surface area contributed by atoms with Gasteiger partial charge in [-0.3, -0.25) is 14.4 Å². The smallest absolute Gasteiger partial charge is 0.306 e. The maximum absolute atomic E-state index is 12.8. The van der Waals surface area contributed by atoms with Gasteiger partial charge in [-0.05, 0) is 44.9 Å². The van der Waals surface area contributed by atoms with E-state index in [4.69, 9.17) is 14.2 Å². The summed E-state index contributed by atoms with van der Waals surface area (Å²) in [4.78, 5) is 38.1. The number of hydrogen-bond donors (Lipinski definition) is 0. The van der Waals surface area contributed by atoms with Gasteiger partial charge in [0.1, 0.15) is 13.2 Å². The molecule has 0 aliphatic rings. The Labute approximate surface area is 436 Å². The normalized spacial score (nSPS) is 12.1. The van der Waals surface area contributed by atoms with Crippen LogP contribution >= 0.6 is 0 Å². The van der Waals surface area contributed by atoms with Crippen molar-refractivity contribution in [2.75, 3.05) is 13.2 Å². The molecule has 0 aromatic carbocycles. The van der Waals surface area contributed by atoms with Crippen molar-refractivity contribution in [1.29, 1.82) is 0 Å². The first-order valence-corrected chi connectivity index (χ1v) is 31.3. The molecule has 70 heavy (non-hydrogen) atoms. The number of unbranched alkanes of at least 4 members (excludes halogenated alkanes) is 43. The Morgan fingerprint density at radius 1 is 0.286 bits per heavy atom. The Bertz CT molecular complexity index is 1130. The van der Waals surface area contributed by atoms with Crippen LogP contribution in [-0.4, -0.2) is 37.2 Å². The van der Waals surface area contributed by atoms with Crippen LogP contribution in [0, 0.1) is 0 Å². The van der Waals surface area contributed by atoms with Crippen molar-refractivity contribution in [3.8, 4) is 0 Å². The van der Waals surface area contributed by atoms with Gasteiger partial charge >= 0.3 is 17.9 Å². The molecule has 0 aromatic rings. The standard InChI is InChI=1S/C64H120O6/c1-4-7-10-13-16-19-22-25-26-27-28-29-30-31-32-33-34-35-36-37-38-40-42-45-48-51-54-57-63(66)69-60-61(59-68-62(65)56-53-50-47-44-41-24-21-18-15-12-9-6-3)70-64(67)58-55-52-49-46-43-39-23-20-17-14-11-8-5-2/h11,14,20,23,61H,4-10,12-13,15-19,21-22,24-60H2,1-3H3/b14-11-,23-20-. The Balaban J connectivity index is 4.13.